The van der Waals surface area contributed by atoms with Gasteiger partial charge in [0, 0.05) is 11.6 Å². The summed E-state index contributed by atoms with van der Waals surface area (Å²) in [5, 5.41) is 1.08. The first-order chi connectivity index (χ1) is 4.43. The summed E-state index contributed by atoms with van der Waals surface area (Å²) >= 11 is 7.14. The van der Waals surface area contributed by atoms with E-state index in [0.29, 0.717) is 5.88 Å². The highest BCUT2D eigenvalue weighted by Gasteiger charge is 1.90. The van der Waals surface area contributed by atoms with Crippen molar-refractivity contribution in [1.29, 1.82) is 0 Å². The Balaban J connectivity index is 2.30. The molecule has 1 heterocycles. The van der Waals surface area contributed by atoms with Crippen LogP contribution in [0, 0.1) is 0 Å². The molecule has 1 N–H and O–H groups in total. The highest BCUT2D eigenvalue weighted by molar-refractivity contribution is 7.99. The van der Waals surface area contributed by atoms with Gasteiger partial charge < -0.3 is 4.98 Å². The van der Waals surface area contributed by atoms with Crippen molar-refractivity contribution in [2.75, 3.05) is 11.6 Å². The second kappa shape index (κ2) is 3.80. The van der Waals surface area contributed by atoms with Gasteiger partial charge in [-0.15, -0.1) is 23.4 Å². The lowest BCUT2D eigenvalue weighted by molar-refractivity contribution is 1.20. The fourth-order valence-electron chi connectivity index (χ4n) is 0.471. The Morgan fingerprint density at radius 1 is 1.78 bits per heavy atom. The van der Waals surface area contributed by atoms with Crippen LogP contribution in [0.25, 0.3) is 0 Å². The standard InChI is InChI=1S/C5H7ClN2S/c6-1-2-9-5-3-7-4-8-5/h3-4H,1-2H2,(H,7,8). The summed E-state index contributed by atoms with van der Waals surface area (Å²) in [6, 6.07) is 0. The molecule has 9 heavy (non-hydrogen) atoms. The molecule has 2 nitrogen and oxygen atoms in total. The smallest absolute Gasteiger partial charge is 0.0928 e. The summed E-state index contributed by atoms with van der Waals surface area (Å²) in [6.07, 6.45) is 3.45. The topological polar surface area (TPSA) is 28.7 Å². The van der Waals surface area contributed by atoms with Crippen LogP contribution in [0.5, 0.6) is 0 Å². The number of alkyl halides is 1. The number of H-pyrrole nitrogens is 1. The third-order valence-corrected chi connectivity index (χ3v) is 2.16. The Labute approximate surface area is 63.0 Å². The fourth-order valence-corrected chi connectivity index (χ4v) is 1.27. The van der Waals surface area contributed by atoms with Crippen LogP contribution >= 0.6 is 23.4 Å². The molecule has 0 bridgehead atoms. The zero-order valence-corrected chi connectivity index (χ0v) is 6.37. The molecular formula is C5H7ClN2S. The van der Waals surface area contributed by atoms with Crippen molar-refractivity contribution in [3.8, 4) is 0 Å². The third kappa shape index (κ3) is 2.28. The van der Waals surface area contributed by atoms with Crippen LogP contribution in [0.3, 0.4) is 0 Å². The molecule has 0 radical (unpaired) electrons. The molecule has 0 atom stereocenters. The van der Waals surface area contributed by atoms with E-state index in [1.165, 1.54) is 0 Å². The van der Waals surface area contributed by atoms with E-state index in [1.807, 2.05) is 0 Å². The first-order valence-corrected chi connectivity index (χ1v) is 4.12. The minimum Gasteiger partial charge on any atom is -0.340 e. The number of halogens is 1. The second-order valence-electron chi connectivity index (χ2n) is 1.45. The second-order valence-corrected chi connectivity index (χ2v) is 2.97. The third-order valence-electron chi connectivity index (χ3n) is 0.808. The van der Waals surface area contributed by atoms with Crippen molar-refractivity contribution < 1.29 is 0 Å². The minimum atomic E-state index is 0.684. The molecule has 0 unspecified atom stereocenters. The number of imidazole rings is 1. The van der Waals surface area contributed by atoms with Gasteiger partial charge in [0.1, 0.15) is 0 Å². The van der Waals surface area contributed by atoms with Crippen LogP contribution < -0.4 is 0 Å². The van der Waals surface area contributed by atoms with Gasteiger partial charge in [0.2, 0.25) is 0 Å². The average molecular weight is 163 g/mol. The van der Waals surface area contributed by atoms with Gasteiger partial charge in [-0.2, -0.15) is 0 Å². The van der Waals surface area contributed by atoms with Crippen LogP contribution in [0.2, 0.25) is 0 Å². The highest BCUT2D eigenvalue weighted by atomic mass is 35.5. The zero-order valence-electron chi connectivity index (χ0n) is 4.80. The van der Waals surface area contributed by atoms with Crippen molar-refractivity contribution in [2.24, 2.45) is 0 Å². The van der Waals surface area contributed by atoms with Gasteiger partial charge in [-0.05, 0) is 0 Å². The van der Waals surface area contributed by atoms with Gasteiger partial charge in [0.15, 0.2) is 0 Å². The Morgan fingerprint density at radius 3 is 3.22 bits per heavy atom. The lowest BCUT2D eigenvalue weighted by Gasteiger charge is -1.89. The van der Waals surface area contributed by atoms with Gasteiger partial charge in [-0.25, -0.2) is 4.98 Å². The number of nitrogens with one attached hydrogen (secondary N) is 1. The van der Waals surface area contributed by atoms with Gasteiger partial charge >= 0.3 is 0 Å². The minimum absolute atomic E-state index is 0.684. The molecule has 1 rings (SSSR count). The Bertz CT molecular complexity index is 152. The first kappa shape index (κ1) is 6.96. The van der Waals surface area contributed by atoms with E-state index in [1.54, 1.807) is 24.3 Å². The Hall–Kier alpha value is -0.150. The van der Waals surface area contributed by atoms with E-state index in [4.69, 9.17) is 11.6 Å². The van der Waals surface area contributed by atoms with E-state index in [-0.39, 0.29) is 0 Å². The molecule has 0 aliphatic heterocycles. The van der Waals surface area contributed by atoms with E-state index in [9.17, 15) is 0 Å². The molecule has 50 valence electrons. The van der Waals surface area contributed by atoms with Crippen LogP contribution in [0.4, 0.5) is 0 Å². The normalized spacial score (nSPS) is 9.89. The maximum atomic E-state index is 5.46. The molecule has 4 heteroatoms. The lowest BCUT2D eigenvalue weighted by Crippen LogP contribution is -1.77. The molecule has 1 aromatic heterocycles. The molecule has 0 fully saturated rings. The quantitative estimate of drug-likeness (QED) is 0.542. The number of rotatable bonds is 3. The van der Waals surface area contributed by atoms with E-state index >= 15 is 0 Å². The Kier molecular flexibility index (Phi) is 2.94. The monoisotopic (exact) mass is 162 g/mol. The van der Waals surface area contributed by atoms with Crippen molar-refractivity contribution in [3.63, 3.8) is 0 Å². The van der Waals surface area contributed by atoms with Gasteiger partial charge in [-0.1, -0.05) is 0 Å². The van der Waals surface area contributed by atoms with Crippen LogP contribution in [-0.4, -0.2) is 21.6 Å². The first-order valence-electron chi connectivity index (χ1n) is 2.60. The van der Waals surface area contributed by atoms with E-state index in [2.05, 4.69) is 9.97 Å². The highest BCUT2D eigenvalue weighted by Crippen LogP contribution is 2.12. The lowest BCUT2D eigenvalue weighted by atomic mass is 10.9. The number of thioether (sulfide) groups is 1. The molecule has 0 spiro atoms. The van der Waals surface area contributed by atoms with Crippen LogP contribution in [0.1, 0.15) is 0 Å². The number of aromatic amines is 1. The largest absolute Gasteiger partial charge is 0.340 e. The predicted octanol–water partition coefficient (Wildman–Crippen LogP) is 1.74. The number of hydrogen-bond donors (Lipinski definition) is 1. The average Bonchev–Trinajstić information content (AvgIpc) is 2.34. The number of hydrogen-bond acceptors (Lipinski definition) is 2. The maximum Gasteiger partial charge on any atom is 0.0928 e. The fraction of sp³-hybridized carbons (Fsp3) is 0.400. The summed E-state index contributed by atoms with van der Waals surface area (Å²) in [7, 11) is 0. The number of nitrogens with zero attached hydrogens (tertiary/aromatic N) is 1. The summed E-state index contributed by atoms with van der Waals surface area (Å²) in [5.74, 6) is 1.62. The molecule has 0 aromatic carbocycles. The number of aromatic nitrogens is 2. The van der Waals surface area contributed by atoms with Crippen molar-refractivity contribution >= 4 is 23.4 Å². The van der Waals surface area contributed by atoms with Crippen LogP contribution in [0.15, 0.2) is 17.6 Å². The molecule has 0 amide bonds. The summed E-state index contributed by atoms with van der Waals surface area (Å²) < 4.78 is 0. The SMILES string of the molecule is ClCCSc1cnc[nH]1. The van der Waals surface area contributed by atoms with Crippen molar-refractivity contribution in [2.45, 2.75) is 5.03 Å². The molecule has 0 aliphatic rings. The van der Waals surface area contributed by atoms with Gasteiger partial charge in [0.05, 0.1) is 17.6 Å². The summed E-state index contributed by atoms with van der Waals surface area (Å²) in [6.45, 7) is 0. The molecule has 1 aromatic rings. The molecular weight excluding hydrogens is 156 g/mol. The molecule has 0 saturated heterocycles. The maximum absolute atomic E-state index is 5.46. The zero-order chi connectivity index (χ0) is 6.53. The summed E-state index contributed by atoms with van der Waals surface area (Å²) in [4.78, 5) is 6.82. The van der Waals surface area contributed by atoms with E-state index in [0.717, 1.165) is 10.8 Å². The van der Waals surface area contributed by atoms with Gasteiger partial charge in [0.25, 0.3) is 0 Å². The van der Waals surface area contributed by atoms with E-state index < -0.39 is 0 Å². The van der Waals surface area contributed by atoms with Crippen molar-refractivity contribution in [3.05, 3.63) is 12.5 Å². The van der Waals surface area contributed by atoms with Crippen molar-refractivity contribution in [1.82, 2.24) is 9.97 Å². The van der Waals surface area contributed by atoms with Gasteiger partial charge in [-0.3, -0.25) is 0 Å². The van der Waals surface area contributed by atoms with Crippen LogP contribution in [-0.2, 0) is 0 Å². The Morgan fingerprint density at radius 2 is 2.67 bits per heavy atom. The predicted molar refractivity (Wildman–Crippen MR) is 40.0 cm³/mol. The molecule has 0 aliphatic carbocycles. The molecule has 0 saturated carbocycles. The summed E-state index contributed by atoms with van der Waals surface area (Å²) in [5.41, 5.74) is 0.